The van der Waals surface area contributed by atoms with E-state index in [1.54, 1.807) is 26.0 Å². The molecule has 1 rings (SSSR count). The fourth-order valence-electron chi connectivity index (χ4n) is 2.47. The van der Waals surface area contributed by atoms with Crippen LogP contribution in [0.15, 0.2) is 29.2 Å². The number of aliphatic hydroxyl groups is 2. The Morgan fingerprint density at radius 2 is 1.40 bits per heavy atom. The van der Waals surface area contributed by atoms with E-state index in [0.29, 0.717) is 26.2 Å². The van der Waals surface area contributed by atoms with Crippen LogP contribution in [0.5, 0.6) is 0 Å². The highest BCUT2D eigenvalue weighted by molar-refractivity contribution is 7.85. The van der Waals surface area contributed by atoms with Crippen molar-refractivity contribution in [3.63, 3.8) is 0 Å². The number of nitrogens with one attached hydrogen (secondary N) is 2. The molecule has 1 aromatic rings. The molecule has 9 heteroatoms. The van der Waals surface area contributed by atoms with Crippen LogP contribution in [0.4, 0.5) is 0 Å². The molecule has 0 aromatic heterocycles. The molecule has 5 N–H and O–H groups in total. The minimum Gasteiger partial charge on any atom is -0.392 e. The Labute approximate surface area is 183 Å². The van der Waals surface area contributed by atoms with Crippen molar-refractivity contribution in [2.75, 3.05) is 39.3 Å². The van der Waals surface area contributed by atoms with Crippen LogP contribution in [0.3, 0.4) is 0 Å². The average molecular weight is 450 g/mol. The lowest BCUT2D eigenvalue weighted by atomic mass is 10.2. The maximum Gasteiger partial charge on any atom is 0.294 e. The predicted molar refractivity (Wildman–Crippen MR) is 123 cm³/mol. The minimum absolute atomic E-state index is 0.117. The number of nitrogens with zero attached hydrogens (tertiary/aromatic N) is 1. The highest BCUT2D eigenvalue weighted by atomic mass is 32.2. The van der Waals surface area contributed by atoms with Gasteiger partial charge >= 0.3 is 0 Å². The molecular formula is C21H43N3O5S. The van der Waals surface area contributed by atoms with Crippen LogP contribution < -0.4 is 10.6 Å². The molecule has 2 unspecified atom stereocenters. The molecule has 0 amide bonds. The first kappa shape index (κ1) is 31.1. The molecule has 178 valence electrons. The Bertz CT molecular complexity index is 608. The zero-order valence-electron chi connectivity index (χ0n) is 19.4. The molecule has 30 heavy (non-hydrogen) atoms. The first-order chi connectivity index (χ1) is 14.2. The van der Waals surface area contributed by atoms with Crippen LogP contribution in [0.1, 0.15) is 47.1 Å². The number of hydrogen-bond acceptors (Lipinski definition) is 7. The maximum absolute atomic E-state index is 11.0. The summed E-state index contributed by atoms with van der Waals surface area (Å²) >= 11 is 0. The first-order valence-electron chi connectivity index (χ1n) is 10.7. The van der Waals surface area contributed by atoms with Crippen molar-refractivity contribution in [2.45, 2.75) is 65.2 Å². The van der Waals surface area contributed by atoms with Crippen LogP contribution >= 0.6 is 0 Å². The average Bonchev–Trinajstić information content (AvgIpc) is 2.70. The van der Waals surface area contributed by atoms with Crippen LogP contribution in [0.2, 0.25) is 0 Å². The van der Waals surface area contributed by atoms with Gasteiger partial charge < -0.3 is 20.8 Å². The van der Waals surface area contributed by atoms with Crippen molar-refractivity contribution in [2.24, 2.45) is 0 Å². The Morgan fingerprint density at radius 3 is 1.83 bits per heavy atom. The van der Waals surface area contributed by atoms with Crippen LogP contribution in [-0.4, -0.2) is 79.6 Å². The molecule has 0 heterocycles. The Balaban J connectivity index is 0. The third kappa shape index (κ3) is 16.7. The quantitative estimate of drug-likeness (QED) is 0.228. The summed E-state index contributed by atoms with van der Waals surface area (Å²) in [5, 5.41) is 25.3. The highest BCUT2D eigenvalue weighted by Gasteiger charge is 2.09. The van der Waals surface area contributed by atoms with Gasteiger partial charge in [0, 0.05) is 45.8 Å². The van der Waals surface area contributed by atoms with Gasteiger partial charge in [-0.25, -0.2) is 0 Å². The number of rotatable bonds is 13. The summed E-state index contributed by atoms with van der Waals surface area (Å²) < 4.78 is 31.0. The van der Waals surface area contributed by atoms with Crippen molar-refractivity contribution in [1.29, 1.82) is 0 Å². The molecule has 0 saturated heterocycles. The summed E-state index contributed by atoms with van der Waals surface area (Å²) in [6.07, 6.45) is -0.797. The second kappa shape index (κ2) is 18.7. The van der Waals surface area contributed by atoms with Crippen molar-refractivity contribution in [3.05, 3.63) is 29.8 Å². The lowest BCUT2D eigenvalue weighted by molar-refractivity contribution is 0.125. The van der Waals surface area contributed by atoms with Gasteiger partial charge in [-0.05, 0) is 31.5 Å². The Morgan fingerprint density at radius 1 is 0.900 bits per heavy atom. The van der Waals surface area contributed by atoms with Crippen molar-refractivity contribution >= 4 is 10.1 Å². The SMILES string of the molecule is CC.CC.CC(O)CNCCN(CCNCc1ccc(S(=O)(=O)O)cc1)CC(C)O. The molecule has 0 bridgehead atoms. The fraction of sp³-hybridized carbons (Fsp3) is 0.714. The molecule has 8 nitrogen and oxygen atoms in total. The van der Waals surface area contributed by atoms with E-state index in [9.17, 15) is 18.6 Å². The smallest absolute Gasteiger partial charge is 0.294 e. The molecule has 0 aliphatic rings. The molecule has 0 saturated carbocycles. The summed E-state index contributed by atoms with van der Waals surface area (Å²) in [4.78, 5) is 2.02. The summed E-state index contributed by atoms with van der Waals surface area (Å²) in [7, 11) is -4.16. The van der Waals surface area contributed by atoms with E-state index in [0.717, 1.165) is 25.2 Å². The second-order valence-electron chi connectivity index (χ2n) is 6.50. The highest BCUT2D eigenvalue weighted by Crippen LogP contribution is 2.09. The molecular weight excluding hydrogens is 406 g/mol. The fourth-order valence-corrected chi connectivity index (χ4v) is 2.95. The summed E-state index contributed by atoms with van der Waals surface area (Å²) in [5.41, 5.74) is 0.915. The third-order valence-corrected chi connectivity index (χ3v) is 4.59. The van der Waals surface area contributed by atoms with E-state index < -0.39 is 16.2 Å². The lowest BCUT2D eigenvalue weighted by Crippen LogP contribution is -2.41. The van der Waals surface area contributed by atoms with Crippen LogP contribution in [-0.2, 0) is 16.7 Å². The number of hydrogen-bond donors (Lipinski definition) is 5. The summed E-state index contributed by atoms with van der Waals surface area (Å²) in [6.45, 7) is 16.1. The maximum atomic E-state index is 11.0. The van der Waals surface area contributed by atoms with Gasteiger partial charge in [0.05, 0.1) is 17.1 Å². The largest absolute Gasteiger partial charge is 0.392 e. The third-order valence-electron chi connectivity index (χ3n) is 3.72. The van der Waals surface area contributed by atoms with Crippen LogP contribution in [0, 0.1) is 0 Å². The second-order valence-corrected chi connectivity index (χ2v) is 7.92. The Kier molecular flexibility index (Phi) is 19.4. The molecule has 2 atom stereocenters. The predicted octanol–water partition coefficient (Wildman–Crippen LogP) is 1.73. The van der Waals surface area contributed by atoms with Gasteiger partial charge in [0.1, 0.15) is 0 Å². The lowest BCUT2D eigenvalue weighted by Gasteiger charge is -2.24. The van der Waals surface area contributed by atoms with Gasteiger partial charge in [-0.2, -0.15) is 8.42 Å². The number of benzene rings is 1. The molecule has 0 aliphatic heterocycles. The van der Waals surface area contributed by atoms with Gasteiger partial charge in [-0.3, -0.25) is 9.45 Å². The van der Waals surface area contributed by atoms with Gasteiger partial charge in [-0.15, -0.1) is 0 Å². The minimum atomic E-state index is -4.16. The van der Waals surface area contributed by atoms with Gasteiger partial charge in [0.15, 0.2) is 0 Å². The van der Waals surface area contributed by atoms with E-state index in [-0.39, 0.29) is 11.0 Å². The molecule has 0 radical (unpaired) electrons. The standard InChI is InChI=1S/C17H31N3O5S.2C2H6/c1-14(21)11-18-7-9-20(13-15(2)22)10-8-19-12-16-3-5-17(6-4-16)26(23,24)25;2*1-2/h3-6,14-15,18-19,21-22H,7-13H2,1-2H3,(H,23,24,25);2*1-2H3. The van der Waals surface area contributed by atoms with Crippen molar-refractivity contribution in [3.8, 4) is 0 Å². The molecule has 0 spiro atoms. The zero-order chi connectivity index (χ0) is 23.6. The molecule has 0 fully saturated rings. The van der Waals surface area contributed by atoms with Gasteiger partial charge in [0.2, 0.25) is 0 Å². The van der Waals surface area contributed by atoms with E-state index in [1.807, 2.05) is 27.7 Å². The summed E-state index contributed by atoms with van der Waals surface area (Å²) in [5.74, 6) is 0. The summed E-state index contributed by atoms with van der Waals surface area (Å²) in [6, 6.07) is 6.06. The zero-order valence-corrected chi connectivity index (χ0v) is 20.2. The van der Waals surface area contributed by atoms with E-state index in [2.05, 4.69) is 15.5 Å². The van der Waals surface area contributed by atoms with Crippen molar-refractivity contribution < 1.29 is 23.2 Å². The van der Waals surface area contributed by atoms with E-state index >= 15 is 0 Å². The normalized spacial score (nSPS) is 13.0. The molecule has 1 aromatic carbocycles. The van der Waals surface area contributed by atoms with Crippen LogP contribution in [0.25, 0.3) is 0 Å². The Hall–Kier alpha value is -1.07. The van der Waals surface area contributed by atoms with E-state index in [1.165, 1.54) is 12.1 Å². The van der Waals surface area contributed by atoms with Gasteiger partial charge in [-0.1, -0.05) is 39.8 Å². The molecule has 0 aliphatic carbocycles. The first-order valence-corrected chi connectivity index (χ1v) is 12.2. The van der Waals surface area contributed by atoms with Crippen molar-refractivity contribution in [1.82, 2.24) is 15.5 Å². The van der Waals surface area contributed by atoms with E-state index in [4.69, 9.17) is 4.55 Å². The topological polar surface area (TPSA) is 122 Å². The van der Waals surface area contributed by atoms with Gasteiger partial charge in [0.25, 0.3) is 10.1 Å². The monoisotopic (exact) mass is 449 g/mol. The number of aliphatic hydroxyl groups excluding tert-OH is 2.